The van der Waals surface area contributed by atoms with E-state index in [1.807, 2.05) is 12.1 Å². The number of hydrogen-bond acceptors (Lipinski definition) is 4. The van der Waals surface area contributed by atoms with Crippen LogP contribution in [-0.4, -0.2) is 42.6 Å². The minimum Gasteiger partial charge on any atom is -0.468 e. The van der Waals surface area contributed by atoms with Crippen LogP contribution in [0.3, 0.4) is 0 Å². The van der Waals surface area contributed by atoms with E-state index in [9.17, 15) is 4.79 Å². The van der Waals surface area contributed by atoms with Crippen molar-refractivity contribution in [3.8, 4) is 0 Å². The highest BCUT2D eigenvalue weighted by atomic mass is 16.5. The zero-order chi connectivity index (χ0) is 13.8. The van der Waals surface area contributed by atoms with E-state index in [0.29, 0.717) is 25.7 Å². The monoisotopic (exact) mass is 278 g/mol. The molecular weight excluding hydrogens is 256 g/mol. The highest BCUT2D eigenvalue weighted by Crippen LogP contribution is 2.28. The van der Waals surface area contributed by atoms with Gasteiger partial charge in [-0.25, -0.2) is 0 Å². The Morgan fingerprint density at radius 2 is 2.30 bits per heavy atom. The number of rotatable bonds is 7. The number of furan rings is 1. The standard InChI is InChI=1S/C15H22N2O3/c18-15(16-9-13-3-1-7-19-13)11-17(12-5-6-12)10-14-4-2-8-20-14/h2,4,8,12-13H,1,3,5-7,9-11H2,(H,16,18)/t13-/m0/s1. The van der Waals surface area contributed by atoms with E-state index in [4.69, 9.17) is 9.15 Å². The van der Waals surface area contributed by atoms with Crippen LogP contribution in [-0.2, 0) is 16.1 Å². The Bertz CT molecular complexity index is 422. The summed E-state index contributed by atoms with van der Waals surface area (Å²) in [7, 11) is 0. The topological polar surface area (TPSA) is 54.7 Å². The number of amides is 1. The Hall–Kier alpha value is -1.33. The van der Waals surface area contributed by atoms with Gasteiger partial charge in [0.15, 0.2) is 0 Å². The van der Waals surface area contributed by atoms with Gasteiger partial charge in [0.2, 0.25) is 5.91 Å². The zero-order valence-corrected chi connectivity index (χ0v) is 11.7. The summed E-state index contributed by atoms with van der Waals surface area (Å²) >= 11 is 0. The fraction of sp³-hybridized carbons (Fsp3) is 0.667. The van der Waals surface area contributed by atoms with Gasteiger partial charge < -0.3 is 14.5 Å². The van der Waals surface area contributed by atoms with Crippen LogP contribution in [0.1, 0.15) is 31.4 Å². The van der Waals surface area contributed by atoms with Crippen LogP contribution in [0, 0.1) is 0 Å². The van der Waals surface area contributed by atoms with Gasteiger partial charge in [-0.15, -0.1) is 0 Å². The highest BCUT2D eigenvalue weighted by Gasteiger charge is 2.31. The molecule has 0 unspecified atom stereocenters. The summed E-state index contributed by atoms with van der Waals surface area (Å²) < 4.78 is 10.9. The van der Waals surface area contributed by atoms with Gasteiger partial charge in [-0.3, -0.25) is 9.69 Å². The van der Waals surface area contributed by atoms with E-state index in [2.05, 4.69) is 10.2 Å². The maximum absolute atomic E-state index is 12.0. The third kappa shape index (κ3) is 3.84. The lowest BCUT2D eigenvalue weighted by Gasteiger charge is -2.20. The molecule has 1 aliphatic carbocycles. The van der Waals surface area contributed by atoms with Crippen LogP contribution in [0.2, 0.25) is 0 Å². The SMILES string of the molecule is O=C(CN(Cc1ccco1)C1CC1)NC[C@@H]1CCCO1. The molecule has 1 N–H and O–H groups in total. The van der Waals surface area contributed by atoms with Crippen LogP contribution < -0.4 is 5.32 Å². The zero-order valence-electron chi connectivity index (χ0n) is 11.7. The molecular formula is C15H22N2O3. The van der Waals surface area contributed by atoms with Crippen LogP contribution in [0.5, 0.6) is 0 Å². The molecule has 2 aliphatic rings. The molecule has 1 aliphatic heterocycles. The smallest absolute Gasteiger partial charge is 0.234 e. The maximum atomic E-state index is 12.0. The molecule has 1 amide bonds. The first kappa shape index (κ1) is 13.6. The Morgan fingerprint density at radius 1 is 1.40 bits per heavy atom. The van der Waals surface area contributed by atoms with Crippen LogP contribution in [0.15, 0.2) is 22.8 Å². The Morgan fingerprint density at radius 3 is 2.95 bits per heavy atom. The second-order valence-electron chi connectivity index (χ2n) is 5.65. The lowest BCUT2D eigenvalue weighted by atomic mass is 10.2. The van der Waals surface area contributed by atoms with Crippen molar-refractivity contribution in [3.05, 3.63) is 24.2 Å². The molecule has 1 aromatic heterocycles. The molecule has 1 atom stereocenters. The second kappa shape index (κ2) is 6.41. The molecule has 1 saturated carbocycles. The number of hydrogen-bond donors (Lipinski definition) is 1. The molecule has 0 spiro atoms. The molecule has 2 heterocycles. The first-order valence-corrected chi connectivity index (χ1v) is 7.46. The van der Waals surface area contributed by atoms with E-state index in [1.54, 1.807) is 6.26 Å². The van der Waals surface area contributed by atoms with Gasteiger partial charge in [0, 0.05) is 19.2 Å². The number of carbonyl (C=O) groups is 1. The largest absolute Gasteiger partial charge is 0.468 e. The maximum Gasteiger partial charge on any atom is 0.234 e. The number of nitrogens with zero attached hydrogens (tertiary/aromatic N) is 1. The van der Waals surface area contributed by atoms with Gasteiger partial charge in [0.25, 0.3) is 0 Å². The van der Waals surface area contributed by atoms with Crippen molar-refractivity contribution in [1.29, 1.82) is 0 Å². The molecule has 1 saturated heterocycles. The average molecular weight is 278 g/mol. The van der Waals surface area contributed by atoms with Crippen LogP contribution in [0.25, 0.3) is 0 Å². The van der Waals surface area contributed by atoms with Gasteiger partial charge in [0.05, 0.1) is 25.5 Å². The Kier molecular flexibility index (Phi) is 4.38. The fourth-order valence-corrected chi connectivity index (χ4v) is 2.63. The van der Waals surface area contributed by atoms with Crippen molar-refractivity contribution in [2.24, 2.45) is 0 Å². The Balaban J connectivity index is 1.44. The summed E-state index contributed by atoms with van der Waals surface area (Å²) in [6, 6.07) is 4.38. The van der Waals surface area contributed by atoms with Gasteiger partial charge >= 0.3 is 0 Å². The van der Waals surface area contributed by atoms with Crippen LogP contribution >= 0.6 is 0 Å². The molecule has 2 fully saturated rings. The van der Waals surface area contributed by atoms with E-state index in [-0.39, 0.29) is 12.0 Å². The van der Waals surface area contributed by atoms with Crippen molar-refractivity contribution in [3.63, 3.8) is 0 Å². The summed E-state index contributed by atoms with van der Waals surface area (Å²) in [6.07, 6.45) is 6.40. The number of nitrogens with one attached hydrogen (secondary N) is 1. The first-order chi connectivity index (χ1) is 9.81. The van der Waals surface area contributed by atoms with Crippen molar-refractivity contribution in [1.82, 2.24) is 10.2 Å². The summed E-state index contributed by atoms with van der Waals surface area (Å²) in [4.78, 5) is 14.2. The van der Waals surface area contributed by atoms with Gasteiger partial charge in [0.1, 0.15) is 5.76 Å². The van der Waals surface area contributed by atoms with Gasteiger partial charge in [-0.2, -0.15) is 0 Å². The lowest BCUT2D eigenvalue weighted by Crippen LogP contribution is -2.40. The van der Waals surface area contributed by atoms with Crippen molar-refractivity contribution in [2.75, 3.05) is 19.7 Å². The third-order valence-electron chi connectivity index (χ3n) is 3.90. The van der Waals surface area contributed by atoms with Crippen LogP contribution in [0.4, 0.5) is 0 Å². The third-order valence-corrected chi connectivity index (χ3v) is 3.90. The summed E-state index contributed by atoms with van der Waals surface area (Å²) in [5, 5.41) is 2.98. The molecule has 0 radical (unpaired) electrons. The summed E-state index contributed by atoms with van der Waals surface area (Å²) in [6.45, 7) is 2.62. The van der Waals surface area contributed by atoms with E-state index in [0.717, 1.165) is 25.2 Å². The van der Waals surface area contributed by atoms with Crippen molar-refractivity contribution >= 4 is 5.91 Å². The van der Waals surface area contributed by atoms with Crippen molar-refractivity contribution in [2.45, 2.75) is 44.4 Å². The molecule has 20 heavy (non-hydrogen) atoms. The molecule has 5 nitrogen and oxygen atoms in total. The lowest BCUT2D eigenvalue weighted by molar-refractivity contribution is -0.123. The van der Waals surface area contributed by atoms with Gasteiger partial charge in [-0.05, 0) is 37.8 Å². The average Bonchev–Trinajstić information content (AvgIpc) is 2.94. The quantitative estimate of drug-likeness (QED) is 0.822. The predicted molar refractivity (Wildman–Crippen MR) is 74.1 cm³/mol. The molecule has 3 rings (SSSR count). The molecule has 1 aromatic rings. The normalized spacial score (nSPS) is 22.4. The highest BCUT2D eigenvalue weighted by molar-refractivity contribution is 5.78. The summed E-state index contributed by atoms with van der Waals surface area (Å²) in [5.41, 5.74) is 0. The van der Waals surface area contributed by atoms with E-state index < -0.39 is 0 Å². The molecule has 0 bridgehead atoms. The summed E-state index contributed by atoms with van der Waals surface area (Å²) in [5.74, 6) is 1.00. The fourth-order valence-electron chi connectivity index (χ4n) is 2.63. The minimum absolute atomic E-state index is 0.0824. The minimum atomic E-state index is 0.0824. The predicted octanol–water partition coefficient (Wildman–Crippen LogP) is 1.54. The molecule has 5 heteroatoms. The molecule has 0 aromatic carbocycles. The number of ether oxygens (including phenoxy) is 1. The second-order valence-corrected chi connectivity index (χ2v) is 5.65. The number of carbonyl (C=O) groups excluding carboxylic acids is 1. The van der Waals surface area contributed by atoms with E-state index >= 15 is 0 Å². The Labute approximate surface area is 119 Å². The van der Waals surface area contributed by atoms with Gasteiger partial charge in [-0.1, -0.05) is 0 Å². The van der Waals surface area contributed by atoms with Crippen molar-refractivity contribution < 1.29 is 13.9 Å². The van der Waals surface area contributed by atoms with E-state index in [1.165, 1.54) is 12.8 Å². The first-order valence-electron chi connectivity index (χ1n) is 7.46. The molecule has 110 valence electrons.